The highest BCUT2D eigenvalue weighted by Gasteiger charge is 2.30. The van der Waals surface area contributed by atoms with Crippen molar-refractivity contribution in [1.82, 2.24) is 20.3 Å². The van der Waals surface area contributed by atoms with Gasteiger partial charge in [0.2, 0.25) is 17.7 Å². The molecule has 1 aromatic heterocycles. The number of nitrogens with zero attached hydrogens (tertiary/aromatic N) is 3. The summed E-state index contributed by atoms with van der Waals surface area (Å²) in [6.45, 7) is 8.01. The van der Waals surface area contributed by atoms with Gasteiger partial charge in [-0.15, -0.1) is 0 Å². The van der Waals surface area contributed by atoms with Crippen molar-refractivity contribution in [2.45, 2.75) is 33.2 Å². The molecule has 1 fully saturated rings. The van der Waals surface area contributed by atoms with Gasteiger partial charge in [0, 0.05) is 38.7 Å². The number of anilines is 1. The zero-order chi connectivity index (χ0) is 23.1. The van der Waals surface area contributed by atoms with Crippen molar-refractivity contribution in [1.29, 1.82) is 0 Å². The third-order valence-corrected chi connectivity index (χ3v) is 5.23. The average Bonchev–Trinajstić information content (AvgIpc) is 3.16. The topological polar surface area (TPSA) is 108 Å². The minimum atomic E-state index is -0.715. The Labute approximate surface area is 188 Å². The second kappa shape index (κ2) is 10.9. The molecule has 32 heavy (non-hydrogen) atoms. The lowest BCUT2D eigenvalue weighted by molar-refractivity contribution is -0.138. The highest BCUT2D eigenvalue weighted by molar-refractivity contribution is 5.91. The van der Waals surface area contributed by atoms with Gasteiger partial charge in [0.15, 0.2) is 5.82 Å². The predicted molar refractivity (Wildman–Crippen MR) is 120 cm³/mol. The fourth-order valence-corrected chi connectivity index (χ4v) is 3.64. The molecule has 3 rings (SSSR count). The van der Waals surface area contributed by atoms with Crippen molar-refractivity contribution >= 4 is 23.5 Å². The molecule has 9 heteroatoms. The van der Waals surface area contributed by atoms with E-state index in [0.29, 0.717) is 44.2 Å². The first-order chi connectivity index (χ1) is 15.3. The molecule has 1 unspecified atom stereocenters. The average molecular weight is 442 g/mol. The predicted octanol–water partition coefficient (Wildman–Crippen LogP) is 1.97. The summed E-state index contributed by atoms with van der Waals surface area (Å²) in [6.07, 6.45) is 0.366. The zero-order valence-corrected chi connectivity index (χ0v) is 18.8. The fraction of sp³-hybridized carbons (Fsp3) is 0.478. The molecule has 0 saturated carbocycles. The standard InChI is InChI=1S/C23H31N5O4/c1-16(2)13-20(29)25-22(18-7-5-4-6-8-18)23(31)28-11-9-27(10-12-28)15-21(30)24-19-14-17(3)32-26-19/h4-8,14,16,22H,9-13,15H2,1-3H3,(H,25,29)(H,24,26,30). The molecule has 172 valence electrons. The summed E-state index contributed by atoms with van der Waals surface area (Å²) in [5.41, 5.74) is 0.763. The van der Waals surface area contributed by atoms with Crippen molar-refractivity contribution in [2.75, 3.05) is 38.0 Å². The summed E-state index contributed by atoms with van der Waals surface area (Å²) < 4.78 is 4.95. The lowest BCUT2D eigenvalue weighted by Gasteiger charge is -2.36. The second-order valence-corrected chi connectivity index (χ2v) is 8.48. The summed E-state index contributed by atoms with van der Waals surface area (Å²) >= 11 is 0. The van der Waals surface area contributed by atoms with Crippen LogP contribution in [-0.4, -0.2) is 65.4 Å². The number of hydrogen-bond donors (Lipinski definition) is 2. The smallest absolute Gasteiger partial charge is 0.249 e. The minimum Gasteiger partial charge on any atom is -0.360 e. The van der Waals surface area contributed by atoms with Gasteiger partial charge in [0.05, 0.1) is 6.54 Å². The Balaban J connectivity index is 1.56. The number of aryl methyl sites for hydroxylation is 1. The van der Waals surface area contributed by atoms with E-state index in [9.17, 15) is 14.4 Å². The lowest BCUT2D eigenvalue weighted by Crippen LogP contribution is -2.53. The number of piperazine rings is 1. The van der Waals surface area contributed by atoms with Crippen molar-refractivity contribution < 1.29 is 18.9 Å². The number of hydrogen-bond acceptors (Lipinski definition) is 6. The van der Waals surface area contributed by atoms with Crippen LogP contribution in [0.5, 0.6) is 0 Å². The van der Waals surface area contributed by atoms with Gasteiger partial charge < -0.3 is 20.1 Å². The number of amides is 3. The summed E-state index contributed by atoms with van der Waals surface area (Å²) in [7, 11) is 0. The molecule has 2 aromatic rings. The van der Waals surface area contributed by atoms with E-state index in [-0.39, 0.29) is 30.2 Å². The highest BCUT2D eigenvalue weighted by atomic mass is 16.5. The van der Waals surface area contributed by atoms with Crippen LogP contribution in [0.3, 0.4) is 0 Å². The summed E-state index contributed by atoms with van der Waals surface area (Å²) in [5.74, 6) is 0.777. The molecule has 9 nitrogen and oxygen atoms in total. The van der Waals surface area contributed by atoms with Crippen LogP contribution in [0.1, 0.15) is 37.6 Å². The monoisotopic (exact) mass is 441 g/mol. The van der Waals surface area contributed by atoms with Gasteiger partial charge in [-0.3, -0.25) is 19.3 Å². The van der Waals surface area contributed by atoms with E-state index in [0.717, 1.165) is 5.56 Å². The molecule has 3 amide bonds. The maximum Gasteiger partial charge on any atom is 0.249 e. The summed E-state index contributed by atoms with van der Waals surface area (Å²) in [6, 6.07) is 10.2. The first kappa shape index (κ1) is 23.5. The third-order valence-electron chi connectivity index (χ3n) is 5.23. The third kappa shape index (κ3) is 6.65. The van der Waals surface area contributed by atoms with Gasteiger partial charge in [-0.1, -0.05) is 49.3 Å². The Morgan fingerprint density at radius 1 is 1.06 bits per heavy atom. The van der Waals surface area contributed by atoms with E-state index in [1.54, 1.807) is 17.9 Å². The molecule has 1 aliphatic rings. The van der Waals surface area contributed by atoms with Crippen molar-refractivity contribution in [3.8, 4) is 0 Å². The van der Waals surface area contributed by atoms with E-state index in [1.807, 2.05) is 49.1 Å². The SMILES string of the molecule is Cc1cc(NC(=O)CN2CCN(C(=O)C(NC(=O)CC(C)C)c3ccccc3)CC2)no1. The Hall–Kier alpha value is -3.20. The van der Waals surface area contributed by atoms with Gasteiger partial charge >= 0.3 is 0 Å². The van der Waals surface area contributed by atoms with E-state index >= 15 is 0 Å². The molecule has 2 N–H and O–H groups in total. The largest absolute Gasteiger partial charge is 0.360 e. The molecule has 1 saturated heterocycles. The first-order valence-corrected chi connectivity index (χ1v) is 10.9. The van der Waals surface area contributed by atoms with E-state index in [1.165, 1.54) is 0 Å². The van der Waals surface area contributed by atoms with Crippen molar-refractivity contribution in [2.24, 2.45) is 5.92 Å². The minimum absolute atomic E-state index is 0.129. The van der Waals surface area contributed by atoms with Crippen LogP contribution in [0.2, 0.25) is 0 Å². The lowest BCUT2D eigenvalue weighted by atomic mass is 10.0. The molecule has 0 aliphatic carbocycles. The van der Waals surface area contributed by atoms with E-state index < -0.39 is 6.04 Å². The van der Waals surface area contributed by atoms with Gasteiger partial charge in [-0.25, -0.2) is 0 Å². The van der Waals surface area contributed by atoms with E-state index in [2.05, 4.69) is 15.8 Å². The molecular formula is C23H31N5O4. The Morgan fingerprint density at radius 2 is 1.75 bits per heavy atom. The Bertz CT molecular complexity index is 919. The van der Waals surface area contributed by atoms with Crippen molar-refractivity contribution in [3.05, 3.63) is 47.7 Å². The Kier molecular flexibility index (Phi) is 7.99. The molecular weight excluding hydrogens is 410 g/mol. The number of carbonyl (C=O) groups is 3. The Morgan fingerprint density at radius 3 is 2.34 bits per heavy atom. The van der Waals surface area contributed by atoms with Crippen LogP contribution in [0.15, 0.2) is 40.9 Å². The van der Waals surface area contributed by atoms with Crippen LogP contribution in [0.25, 0.3) is 0 Å². The molecule has 1 aromatic carbocycles. The molecule has 1 aliphatic heterocycles. The van der Waals surface area contributed by atoms with Crippen LogP contribution >= 0.6 is 0 Å². The number of nitrogens with one attached hydrogen (secondary N) is 2. The molecule has 0 spiro atoms. The van der Waals surface area contributed by atoms with Crippen LogP contribution in [-0.2, 0) is 14.4 Å². The van der Waals surface area contributed by atoms with E-state index in [4.69, 9.17) is 4.52 Å². The summed E-state index contributed by atoms with van der Waals surface area (Å²) in [5, 5.41) is 9.38. The van der Waals surface area contributed by atoms with Crippen LogP contribution in [0, 0.1) is 12.8 Å². The molecule has 0 bridgehead atoms. The molecule has 0 radical (unpaired) electrons. The summed E-state index contributed by atoms with van der Waals surface area (Å²) in [4.78, 5) is 41.7. The molecule has 1 atom stereocenters. The zero-order valence-electron chi connectivity index (χ0n) is 18.8. The number of aromatic nitrogens is 1. The second-order valence-electron chi connectivity index (χ2n) is 8.48. The quantitative estimate of drug-likeness (QED) is 0.649. The fourth-order valence-electron chi connectivity index (χ4n) is 3.64. The van der Waals surface area contributed by atoms with Gasteiger partial charge in [-0.2, -0.15) is 0 Å². The van der Waals surface area contributed by atoms with Crippen molar-refractivity contribution in [3.63, 3.8) is 0 Å². The van der Waals surface area contributed by atoms with Gasteiger partial charge in [0.1, 0.15) is 11.8 Å². The normalized spacial score (nSPS) is 15.4. The van der Waals surface area contributed by atoms with Gasteiger partial charge in [0.25, 0.3) is 0 Å². The maximum absolute atomic E-state index is 13.3. The number of carbonyl (C=O) groups excluding carboxylic acids is 3. The molecule has 2 heterocycles. The first-order valence-electron chi connectivity index (χ1n) is 10.9. The number of benzene rings is 1. The number of rotatable bonds is 8. The van der Waals surface area contributed by atoms with Crippen LogP contribution < -0.4 is 10.6 Å². The van der Waals surface area contributed by atoms with Crippen LogP contribution in [0.4, 0.5) is 5.82 Å². The highest BCUT2D eigenvalue weighted by Crippen LogP contribution is 2.18. The van der Waals surface area contributed by atoms with Gasteiger partial charge in [-0.05, 0) is 18.4 Å². The maximum atomic E-state index is 13.3.